The average Bonchev–Trinajstić information content (AvgIpc) is 2.37. The van der Waals surface area contributed by atoms with E-state index in [1.54, 1.807) is 6.07 Å². The molecule has 2 N–H and O–H groups in total. The Labute approximate surface area is 137 Å². The Balaban J connectivity index is 1.97. The van der Waals surface area contributed by atoms with E-state index in [9.17, 15) is 8.42 Å². The number of hydrogen-bond acceptors (Lipinski definition) is 4. The van der Waals surface area contributed by atoms with E-state index in [1.165, 1.54) is 0 Å². The smallest absolute Gasteiger partial charge is 0.208 e. The molecular weight excluding hydrogens is 378 g/mol. The molecule has 1 heterocycles. The van der Waals surface area contributed by atoms with Gasteiger partial charge in [0.2, 0.25) is 10.0 Å². The summed E-state index contributed by atoms with van der Waals surface area (Å²) in [5, 5.41) is 4.69. The van der Waals surface area contributed by atoms with Gasteiger partial charge < -0.3 is 5.32 Å². The highest BCUT2D eigenvalue weighted by atomic mass is 79.9. The molecule has 114 valence electrons. The molecule has 1 aromatic carbocycles. The maximum absolute atomic E-state index is 10.9. The molecule has 0 aliphatic heterocycles. The fraction of sp³-hybridized carbons (Fsp3) is 0.308. The molecule has 2 aromatic rings. The highest BCUT2D eigenvalue weighted by molar-refractivity contribution is 9.10. The van der Waals surface area contributed by atoms with E-state index in [2.05, 4.69) is 31.0 Å². The summed E-state index contributed by atoms with van der Waals surface area (Å²) in [6.07, 6.45) is 1.81. The lowest BCUT2D eigenvalue weighted by Crippen LogP contribution is -2.24. The fourth-order valence-electron chi connectivity index (χ4n) is 1.82. The first-order valence-electron chi connectivity index (χ1n) is 6.29. The van der Waals surface area contributed by atoms with Gasteiger partial charge in [0, 0.05) is 22.9 Å². The standard InChI is InChI=1S/C13H15BrClN3O2S/c1-21(19,20)17-6-2-5-16-12-4-3-9-7-10(14)8-11(15)13(9)18-12/h3-4,7-8,17H,2,5-6H2,1H3,(H,16,18). The number of halogens is 2. The third kappa shape index (κ3) is 5.10. The molecule has 0 saturated heterocycles. The lowest BCUT2D eigenvalue weighted by atomic mass is 10.2. The van der Waals surface area contributed by atoms with Gasteiger partial charge in [0.05, 0.1) is 16.8 Å². The summed E-state index contributed by atoms with van der Waals surface area (Å²) >= 11 is 9.56. The van der Waals surface area contributed by atoms with Crippen molar-refractivity contribution in [3.63, 3.8) is 0 Å². The van der Waals surface area contributed by atoms with Crippen molar-refractivity contribution in [1.29, 1.82) is 0 Å². The lowest BCUT2D eigenvalue weighted by molar-refractivity contribution is 0.586. The number of anilines is 1. The van der Waals surface area contributed by atoms with E-state index in [1.807, 2.05) is 18.2 Å². The zero-order valence-electron chi connectivity index (χ0n) is 11.4. The first-order chi connectivity index (χ1) is 9.85. The van der Waals surface area contributed by atoms with Crippen LogP contribution in [0.2, 0.25) is 5.02 Å². The van der Waals surface area contributed by atoms with E-state index < -0.39 is 10.0 Å². The summed E-state index contributed by atoms with van der Waals surface area (Å²) in [6, 6.07) is 7.57. The van der Waals surface area contributed by atoms with Crippen LogP contribution in [-0.4, -0.2) is 32.7 Å². The summed E-state index contributed by atoms with van der Waals surface area (Å²) in [7, 11) is -3.12. The van der Waals surface area contributed by atoms with Crippen molar-refractivity contribution < 1.29 is 8.42 Å². The van der Waals surface area contributed by atoms with Crippen LogP contribution in [0.3, 0.4) is 0 Å². The van der Waals surface area contributed by atoms with Gasteiger partial charge in [-0.3, -0.25) is 0 Å². The van der Waals surface area contributed by atoms with Crippen molar-refractivity contribution in [1.82, 2.24) is 9.71 Å². The zero-order valence-corrected chi connectivity index (χ0v) is 14.5. The van der Waals surface area contributed by atoms with Crippen molar-refractivity contribution in [3.8, 4) is 0 Å². The van der Waals surface area contributed by atoms with Gasteiger partial charge in [-0.2, -0.15) is 0 Å². The molecule has 8 heteroatoms. The van der Waals surface area contributed by atoms with Gasteiger partial charge in [-0.15, -0.1) is 0 Å². The van der Waals surface area contributed by atoms with Crippen LogP contribution in [0.25, 0.3) is 10.9 Å². The van der Waals surface area contributed by atoms with Crippen molar-refractivity contribution in [3.05, 3.63) is 33.8 Å². The Hall–Kier alpha value is -0.890. The van der Waals surface area contributed by atoms with Gasteiger partial charge >= 0.3 is 0 Å². The molecule has 0 unspecified atom stereocenters. The van der Waals surface area contributed by atoms with Crippen LogP contribution in [0.4, 0.5) is 5.82 Å². The highest BCUT2D eigenvalue weighted by Crippen LogP contribution is 2.27. The van der Waals surface area contributed by atoms with E-state index >= 15 is 0 Å². The second-order valence-electron chi connectivity index (χ2n) is 4.60. The largest absolute Gasteiger partial charge is 0.370 e. The third-order valence-corrected chi connectivity index (χ3v) is 4.21. The van der Waals surface area contributed by atoms with E-state index in [-0.39, 0.29) is 0 Å². The second kappa shape index (κ2) is 6.91. The molecule has 2 rings (SSSR count). The number of nitrogens with one attached hydrogen (secondary N) is 2. The first-order valence-corrected chi connectivity index (χ1v) is 9.36. The number of nitrogens with zero attached hydrogens (tertiary/aromatic N) is 1. The molecule has 0 radical (unpaired) electrons. The Bertz CT molecular complexity index is 752. The Morgan fingerprint density at radius 2 is 2.05 bits per heavy atom. The molecule has 0 bridgehead atoms. The highest BCUT2D eigenvalue weighted by Gasteiger charge is 2.04. The number of benzene rings is 1. The van der Waals surface area contributed by atoms with E-state index in [0.717, 1.165) is 21.6 Å². The van der Waals surface area contributed by atoms with Gasteiger partial charge in [0.1, 0.15) is 5.82 Å². The topological polar surface area (TPSA) is 71.1 Å². The lowest BCUT2D eigenvalue weighted by Gasteiger charge is -2.08. The molecule has 0 atom stereocenters. The summed E-state index contributed by atoms with van der Waals surface area (Å²) in [5.74, 6) is 0.714. The third-order valence-electron chi connectivity index (χ3n) is 2.73. The maximum atomic E-state index is 10.9. The van der Waals surface area contributed by atoms with Crippen LogP contribution in [0.5, 0.6) is 0 Å². The van der Waals surface area contributed by atoms with E-state index in [0.29, 0.717) is 30.4 Å². The van der Waals surface area contributed by atoms with Crippen LogP contribution in [0.1, 0.15) is 6.42 Å². The molecule has 0 aliphatic rings. The number of aromatic nitrogens is 1. The van der Waals surface area contributed by atoms with Gasteiger partial charge in [-0.1, -0.05) is 27.5 Å². The Morgan fingerprint density at radius 3 is 2.76 bits per heavy atom. The van der Waals surface area contributed by atoms with Gasteiger partial charge in [0.25, 0.3) is 0 Å². The summed E-state index contributed by atoms with van der Waals surface area (Å²) in [6.45, 7) is 1.02. The predicted octanol–water partition coefficient (Wildman–Crippen LogP) is 3.00. The molecule has 0 saturated carbocycles. The minimum Gasteiger partial charge on any atom is -0.370 e. The van der Waals surface area contributed by atoms with E-state index in [4.69, 9.17) is 11.6 Å². The maximum Gasteiger partial charge on any atom is 0.208 e. The summed E-state index contributed by atoms with van der Waals surface area (Å²) in [4.78, 5) is 4.46. The molecule has 0 fully saturated rings. The van der Waals surface area contributed by atoms with Gasteiger partial charge in [0.15, 0.2) is 0 Å². The number of fused-ring (bicyclic) bond motifs is 1. The summed E-state index contributed by atoms with van der Waals surface area (Å²) < 4.78 is 25.2. The summed E-state index contributed by atoms with van der Waals surface area (Å²) in [5.41, 5.74) is 0.735. The molecular formula is C13H15BrClN3O2S. The van der Waals surface area contributed by atoms with Crippen molar-refractivity contribution >= 4 is 54.3 Å². The van der Waals surface area contributed by atoms with Crippen molar-refractivity contribution in [2.75, 3.05) is 24.7 Å². The van der Waals surface area contributed by atoms with Crippen LogP contribution in [0, 0.1) is 0 Å². The normalized spacial score (nSPS) is 11.8. The average molecular weight is 393 g/mol. The molecule has 21 heavy (non-hydrogen) atoms. The molecule has 0 aliphatic carbocycles. The molecule has 0 amide bonds. The second-order valence-corrected chi connectivity index (χ2v) is 7.76. The van der Waals surface area contributed by atoms with Crippen LogP contribution in [-0.2, 0) is 10.0 Å². The number of pyridine rings is 1. The van der Waals surface area contributed by atoms with Crippen LogP contribution < -0.4 is 10.0 Å². The monoisotopic (exact) mass is 391 g/mol. The zero-order chi connectivity index (χ0) is 15.5. The molecule has 0 spiro atoms. The minimum absolute atomic E-state index is 0.396. The Kier molecular flexibility index (Phi) is 5.43. The number of sulfonamides is 1. The number of rotatable bonds is 6. The van der Waals surface area contributed by atoms with Crippen LogP contribution in [0.15, 0.2) is 28.7 Å². The number of hydrogen-bond donors (Lipinski definition) is 2. The van der Waals surface area contributed by atoms with Gasteiger partial charge in [-0.05, 0) is 30.7 Å². The molecule has 1 aromatic heterocycles. The van der Waals surface area contributed by atoms with Crippen molar-refractivity contribution in [2.24, 2.45) is 0 Å². The van der Waals surface area contributed by atoms with Gasteiger partial charge in [-0.25, -0.2) is 18.1 Å². The molecule has 5 nitrogen and oxygen atoms in total. The quantitative estimate of drug-likeness (QED) is 0.741. The SMILES string of the molecule is CS(=O)(=O)NCCCNc1ccc2cc(Br)cc(Cl)c2n1. The van der Waals surface area contributed by atoms with Crippen LogP contribution >= 0.6 is 27.5 Å². The predicted molar refractivity (Wildman–Crippen MR) is 90.4 cm³/mol. The first kappa shape index (κ1) is 16.5. The van der Waals surface area contributed by atoms with Crippen molar-refractivity contribution in [2.45, 2.75) is 6.42 Å². The Morgan fingerprint density at radius 1 is 1.29 bits per heavy atom. The fourth-order valence-corrected chi connectivity index (χ4v) is 3.21. The minimum atomic E-state index is -3.12.